The Hall–Kier alpha value is -4.05. The largest absolute Gasteiger partial charge is 0.489 e. The maximum Gasteiger partial charge on any atom is 0.235 e. The third-order valence-electron chi connectivity index (χ3n) is 5.64. The van der Waals surface area contributed by atoms with Crippen molar-refractivity contribution < 1.29 is 14.3 Å². The summed E-state index contributed by atoms with van der Waals surface area (Å²) in [5.74, 6) is -0.0980. The first-order valence-electron chi connectivity index (χ1n) is 10.5. The van der Waals surface area contributed by atoms with Crippen LogP contribution in [-0.4, -0.2) is 16.7 Å². The Bertz CT molecular complexity index is 1140. The molecule has 0 radical (unpaired) electrons. The molecule has 2 aliphatic rings. The van der Waals surface area contributed by atoms with Crippen LogP contribution in [-0.2, 0) is 16.2 Å². The van der Waals surface area contributed by atoms with E-state index < -0.39 is 5.92 Å². The molecule has 162 valence electrons. The van der Waals surface area contributed by atoms with Gasteiger partial charge in [0.1, 0.15) is 18.2 Å². The van der Waals surface area contributed by atoms with Crippen LogP contribution in [0.3, 0.4) is 0 Å². The SMILES string of the molecule is CC(=O)NN1C(N)=C(C#N)C(c2ccc(OCc3ccccc3)cc2)C2=C1CCCC2=O. The van der Waals surface area contributed by atoms with Crippen molar-refractivity contribution >= 4 is 11.7 Å². The number of ketones is 1. The van der Waals surface area contributed by atoms with Gasteiger partial charge < -0.3 is 10.5 Å². The van der Waals surface area contributed by atoms with Crippen molar-refractivity contribution in [2.45, 2.75) is 38.7 Å². The van der Waals surface area contributed by atoms with Crippen molar-refractivity contribution in [1.29, 1.82) is 5.26 Å². The zero-order chi connectivity index (χ0) is 22.7. The zero-order valence-electron chi connectivity index (χ0n) is 17.8. The highest BCUT2D eigenvalue weighted by Gasteiger charge is 2.40. The second-order valence-corrected chi connectivity index (χ2v) is 7.83. The molecule has 1 unspecified atom stereocenters. The fourth-order valence-corrected chi connectivity index (χ4v) is 4.20. The van der Waals surface area contributed by atoms with E-state index in [-0.39, 0.29) is 23.1 Å². The summed E-state index contributed by atoms with van der Waals surface area (Å²) in [5, 5.41) is 11.3. The molecule has 7 nitrogen and oxygen atoms in total. The molecule has 0 spiro atoms. The Morgan fingerprint density at radius 3 is 2.56 bits per heavy atom. The van der Waals surface area contributed by atoms with Crippen molar-refractivity contribution in [2.24, 2.45) is 5.73 Å². The van der Waals surface area contributed by atoms with E-state index in [0.717, 1.165) is 11.1 Å². The topological polar surface area (TPSA) is 108 Å². The number of ether oxygens (including phenoxy) is 1. The summed E-state index contributed by atoms with van der Waals surface area (Å²) >= 11 is 0. The Morgan fingerprint density at radius 2 is 1.91 bits per heavy atom. The molecule has 0 fully saturated rings. The number of allylic oxidation sites excluding steroid dienone is 3. The van der Waals surface area contributed by atoms with E-state index in [0.29, 0.717) is 42.9 Å². The molecule has 1 aliphatic carbocycles. The average Bonchev–Trinajstić information content (AvgIpc) is 2.80. The van der Waals surface area contributed by atoms with Gasteiger partial charge in [0.2, 0.25) is 5.91 Å². The smallest absolute Gasteiger partial charge is 0.235 e. The predicted octanol–water partition coefficient (Wildman–Crippen LogP) is 3.42. The summed E-state index contributed by atoms with van der Waals surface area (Å²) in [6.45, 7) is 1.81. The number of rotatable bonds is 5. The molecule has 3 N–H and O–H groups in total. The van der Waals surface area contributed by atoms with Gasteiger partial charge in [0.25, 0.3) is 0 Å². The van der Waals surface area contributed by atoms with E-state index in [1.54, 1.807) is 0 Å². The van der Waals surface area contributed by atoms with Crippen LogP contribution in [0.1, 0.15) is 43.2 Å². The number of carbonyl (C=O) groups excluding carboxylic acids is 2. The molecule has 4 rings (SSSR count). The number of Topliss-reactive ketones (excluding diaryl/α,β-unsaturated/α-hetero) is 1. The van der Waals surface area contributed by atoms with Crippen molar-refractivity contribution in [3.05, 3.63) is 88.4 Å². The van der Waals surface area contributed by atoms with Gasteiger partial charge in [0.05, 0.1) is 17.6 Å². The molecule has 2 aromatic carbocycles. The van der Waals surface area contributed by atoms with Gasteiger partial charge in [-0.2, -0.15) is 5.26 Å². The maximum atomic E-state index is 12.9. The lowest BCUT2D eigenvalue weighted by Crippen LogP contribution is -2.47. The first-order chi connectivity index (χ1) is 15.5. The molecular weight excluding hydrogens is 404 g/mol. The molecule has 7 heteroatoms. The van der Waals surface area contributed by atoms with E-state index in [9.17, 15) is 14.9 Å². The number of nitrogens with one attached hydrogen (secondary N) is 1. The minimum atomic E-state index is -0.573. The van der Waals surface area contributed by atoms with E-state index in [1.807, 2.05) is 54.6 Å². The lowest BCUT2D eigenvalue weighted by Gasteiger charge is -2.39. The lowest BCUT2D eigenvalue weighted by molar-refractivity contribution is -0.123. The summed E-state index contributed by atoms with van der Waals surface area (Å²) < 4.78 is 5.86. The van der Waals surface area contributed by atoms with Crippen LogP contribution in [0.15, 0.2) is 77.3 Å². The highest BCUT2D eigenvalue weighted by atomic mass is 16.5. The van der Waals surface area contributed by atoms with Crippen molar-refractivity contribution in [3.8, 4) is 11.8 Å². The van der Waals surface area contributed by atoms with Crippen LogP contribution in [0, 0.1) is 11.3 Å². The van der Waals surface area contributed by atoms with Crippen LogP contribution in [0.4, 0.5) is 0 Å². The van der Waals surface area contributed by atoms with Crippen LogP contribution < -0.4 is 15.9 Å². The fraction of sp³-hybridized carbons (Fsp3) is 0.240. The van der Waals surface area contributed by atoms with Gasteiger partial charge in [-0.1, -0.05) is 42.5 Å². The molecule has 0 aromatic heterocycles. The lowest BCUT2D eigenvalue weighted by atomic mass is 9.76. The van der Waals surface area contributed by atoms with Crippen LogP contribution >= 0.6 is 0 Å². The number of hydrogen-bond acceptors (Lipinski definition) is 6. The summed E-state index contributed by atoms with van der Waals surface area (Å²) in [5.41, 5.74) is 12.2. The van der Waals surface area contributed by atoms with E-state index in [4.69, 9.17) is 10.5 Å². The molecule has 1 aliphatic heterocycles. The van der Waals surface area contributed by atoms with Crippen LogP contribution in [0.25, 0.3) is 0 Å². The number of amides is 1. The van der Waals surface area contributed by atoms with Gasteiger partial charge in [0, 0.05) is 24.6 Å². The number of hydrazine groups is 1. The number of hydrogen-bond donors (Lipinski definition) is 2. The Kier molecular flexibility index (Phi) is 5.95. The van der Waals surface area contributed by atoms with Crippen molar-refractivity contribution in [1.82, 2.24) is 10.4 Å². The average molecular weight is 428 g/mol. The Labute approximate surface area is 186 Å². The molecule has 1 amide bonds. The molecule has 32 heavy (non-hydrogen) atoms. The van der Waals surface area contributed by atoms with Gasteiger partial charge in [-0.05, 0) is 36.1 Å². The second-order valence-electron chi connectivity index (χ2n) is 7.83. The Balaban J connectivity index is 1.67. The van der Waals surface area contributed by atoms with Crippen LogP contribution in [0.5, 0.6) is 5.75 Å². The number of nitrogens with zero attached hydrogens (tertiary/aromatic N) is 2. The van der Waals surface area contributed by atoms with Gasteiger partial charge in [0.15, 0.2) is 5.78 Å². The quantitative estimate of drug-likeness (QED) is 0.755. The van der Waals surface area contributed by atoms with Gasteiger partial charge in [-0.25, -0.2) is 5.01 Å². The minimum Gasteiger partial charge on any atom is -0.489 e. The van der Waals surface area contributed by atoms with E-state index in [1.165, 1.54) is 11.9 Å². The summed E-state index contributed by atoms with van der Waals surface area (Å²) in [6.07, 6.45) is 1.66. The standard InChI is InChI=1S/C25H24N4O3/c1-16(30)28-29-21-8-5-9-22(31)24(21)23(20(14-26)25(29)27)18-10-12-19(13-11-18)32-15-17-6-3-2-4-7-17/h2-4,6-7,10-13,23H,5,8-9,15,27H2,1H3,(H,28,30). The second kappa shape index (κ2) is 8.98. The highest BCUT2D eigenvalue weighted by Crippen LogP contribution is 2.44. The van der Waals surface area contributed by atoms with Gasteiger partial charge in [-0.15, -0.1) is 0 Å². The molecule has 0 saturated heterocycles. The van der Waals surface area contributed by atoms with Gasteiger partial charge >= 0.3 is 0 Å². The molecule has 0 saturated carbocycles. The number of nitriles is 1. The first kappa shape index (κ1) is 21.2. The van der Waals surface area contributed by atoms with E-state index >= 15 is 0 Å². The number of benzene rings is 2. The van der Waals surface area contributed by atoms with Crippen molar-refractivity contribution in [3.63, 3.8) is 0 Å². The summed E-state index contributed by atoms with van der Waals surface area (Å²) in [7, 11) is 0. The molecular formula is C25H24N4O3. The van der Waals surface area contributed by atoms with E-state index in [2.05, 4.69) is 11.5 Å². The summed E-state index contributed by atoms with van der Waals surface area (Å²) in [6, 6.07) is 19.4. The van der Waals surface area contributed by atoms with Crippen molar-refractivity contribution in [2.75, 3.05) is 0 Å². The molecule has 0 bridgehead atoms. The zero-order valence-corrected chi connectivity index (χ0v) is 17.8. The predicted molar refractivity (Wildman–Crippen MR) is 118 cm³/mol. The monoisotopic (exact) mass is 428 g/mol. The summed E-state index contributed by atoms with van der Waals surface area (Å²) in [4.78, 5) is 24.7. The minimum absolute atomic E-state index is 0.0312. The highest BCUT2D eigenvalue weighted by molar-refractivity contribution is 5.99. The number of carbonyl (C=O) groups is 2. The van der Waals surface area contributed by atoms with Crippen LogP contribution in [0.2, 0.25) is 0 Å². The molecule has 1 heterocycles. The fourth-order valence-electron chi connectivity index (χ4n) is 4.20. The van der Waals surface area contributed by atoms with Gasteiger partial charge in [-0.3, -0.25) is 15.0 Å². The maximum absolute atomic E-state index is 12.9. The first-order valence-corrected chi connectivity index (χ1v) is 10.5. The molecule has 2 aromatic rings. The third-order valence-corrected chi connectivity index (χ3v) is 5.64. The third kappa shape index (κ3) is 4.08. The normalized spacial score (nSPS) is 18.2. The molecule has 1 atom stereocenters. The Morgan fingerprint density at radius 1 is 1.19 bits per heavy atom. The number of nitrogens with two attached hydrogens (primary N) is 1.